The molecule has 0 aliphatic rings. The van der Waals surface area contributed by atoms with Crippen LogP contribution in [0.4, 0.5) is 0 Å². The van der Waals surface area contributed by atoms with Crippen molar-refractivity contribution in [2.45, 2.75) is 19.0 Å². The number of amides is 1. The second-order valence-corrected chi connectivity index (χ2v) is 8.29. The number of benzene rings is 1. The summed E-state index contributed by atoms with van der Waals surface area (Å²) in [4.78, 5) is 12.2. The zero-order chi connectivity index (χ0) is 21.7. The van der Waals surface area contributed by atoms with E-state index in [1.165, 1.54) is 23.9 Å². The molecule has 0 bridgehead atoms. The van der Waals surface area contributed by atoms with Gasteiger partial charge in [-0.25, -0.2) is 4.68 Å². The molecule has 0 spiro atoms. The number of hydrogen-bond donors (Lipinski definition) is 2. The van der Waals surface area contributed by atoms with Gasteiger partial charge in [0.15, 0.2) is 5.11 Å². The zero-order valence-electron chi connectivity index (χ0n) is 16.0. The standard InChI is InChI=1S/C19H17Cl2N5O2S2/c1-3-30-19-24-23-11(2)26(19)25-18(29)22-16(27)10-8-12-7-9-15(28-12)13-5-4-6-14(20)17(13)21/h4-10H,3H2,1-2H3,(H2,22,25,27,29). The number of halogens is 2. The minimum Gasteiger partial charge on any atom is -0.457 e. The van der Waals surface area contributed by atoms with Gasteiger partial charge in [0.05, 0.1) is 10.0 Å². The molecule has 1 amide bonds. The number of nitrogens with one attached hydrogen (secondary N) is 2. The van der Waals surface area contributed by atoms with Gasteiger partial charge in [-0.2, -0.15) is 0 Å². The largest absolute Gasteiger partial charge is 0.457 e. The third kappa shape index (κ3) is 5.42. The van der Waals surface area contributed by atoms with E-state index in [0.29, 0.717) is 38.1 Å². The topological polar surface area (TPSA) is 85.0 Å². The van der Waals surface area contributed by atoms with Crippen molar-refractivity contribution >= 4 is 64.3 Å². The smallest absolute Gasteiger partial charge is 0.250 e. The highest BCUT2D eigenvalue weighted by atomic mass is 35.5. The molecule has 0 saturated heterocycles. The van der Waals surface area contributed by atoms with Crippen LogP contribution >= 0.6 is 47.2 Å². The highest BCUT2D eigenvalue weighted by Gasteiger charge is 2.12. The van der Waals surface area contributed by atoms with E-state index < -0.39 is 5.91 Å². The van der Waals surface area contributed by atoms with Crippen molar-refractivity contribution in [3.8, 4) is 11.3 Å². The molecule has 2 heterocycles. The lowest BCUT2D eigenvalue weighted by Gasteiger charge is -2.11. The van der Waals surface area contributed by atoms with Crippen molar-refractivity contribution in [1.82, 2.24) is 20.2 Å². The summed E-state index contributed by atoms with van der Waals surface area (Å²) in [6.07, 6.45) is 2.85. The molecule has 11 heteroatoms. The predicted molar refractivity (Wildman–Crippen MR) is 124 cm³/mol. The number of thiocarbonyl (C=S) groups is 1. The van der Waals surface area contributed by atoms with Crippen LogP contribution in [-0.4, -0.2) is 31.6 Å². The second-order valence-electron chi connectivity index (χ2n) is 5.87. The Bertz CT molecular complexity index is 1110. The van der Waals surface area contributed by atoms with Gasteiger partial charge in [0.25, 0.3) is 0 Å². The number of aryl methyl sites for hydroxylation is 1. The molecule has 0 atom stereocenters. The summed E-state index contributed by atoms with van der Waals surface area (Å²) in [5, 5.41) is 12.2. The molecule has 0 aliphatic heterocycles. The van der Waals surface area contributed by atoms with Crippen molar-refractivity contribution in [2.24, 2.45) is 0 Å². The zero-order valence-corrected chi connectivity index (χ0v) is 19.1. The van der Waals surface area contributed by atoms with Crippen molar-refractivity contribution < 1.29 is 9.21 Å². The highest BCUT2D eigenvalue weighted by Crippen LogP contribution is 2.34. The van der Waals surface area contributed by atoms with E-state index >= 15 is 0 Å². The number of nitrogens with zero attached hydrogens (tertiary/aromatic N) is 3. The van der Waals surface area contributed by atoms with Gasteiger partial charge in [-0.1, -0.05) is 48.0 Å². The van der Waals surface area contributed by atoms with E-state index in [-0.39, 0.29) is 5.11 Å². The van der Waals surface area contributed by atoms with E-state index in [1.807, 2.05) is 6.92 Å². The van der Waals surface area contributed by atoms with Gasteiger partial charge in [0.1, 0.15) is 17.3 Å². The molecular weight excluding hydrogens is 465 g/mol. The van der Waals surface area contributed by atoms with E-state index in [0.717, 1.165) is 5.75 Å². The molecule has 7 nitrogen and oxygen atoms in total. The van der Waals surface area contributed by atoms with Crippen LogP contribution in [0.1, 0.15) is 18.5 Å². The van der Waals surface area contributed by atoms with Crippen LogP contribution in [0.3, 0.4) is 0 Å². The summed E-state index contributed by atoms with van der Waals surface area (Å²) in [5.41, 5.74) is 3.57. The van der Waals surface area contributed by atoms with Gasteiger partial charge in [0, 0.05) is 11.6 Å². The summed E-state index contributed by atoms with van der Waals surface area (Å²) in [6.45, 7) is 3.79. The first-order valence-electron chi connectivity index (χ1n) is 8.78. The molecule has 1 aromatic carbocycles. The fourth-order valence-electron chi connectivity index (χ4n) is 2.42. The third-order valence-corrected chi connectivity index (χ3v) is 5.58. The normalized spacial score (nSPS) is 11.1. The maximum absolute atomic E-state index is 12.2. The Balaban J connectivity index is 1.61. The first kappa shape index (κ1) is 22.4. The number of thioether (sulfide) groups is 1. The maximum Gasteiger partial charge on any atom is 0.250 e. The summed E-state index contributed by atoms with van der Waals surface area (Å²) < 4.78 is 7.34. The van der Waals surface area contributed by atoms with Gasteiger partial charge in [-0.15, -0.1) is 10.2 Å². The molecule has 2 N–H and O–H groups in total. The van der Waals surface area contributed by atoms with Crippen LogP contribution in [-0.2, 0) is 4.79 Å². The van der Waals surface area contributed by atoms with Crippen molar-refractivity contribution in [3.63, 3.8) is 0 Å². The summed E-state index contributed by atoms with van der Waals surface area (Å²) in [6, 6.07) is 8.76. The lowest BCUT2D eigenvalue weighted by molar-refractivity contribution is -0.115. The first-order valence-corrected chi connectivity index (χ1v) is 10.9. The summed E-state index contributed by atoms with van der Waals surface area (Å²) in [7, 11) is 0. The van der Waals surface area contributed by atoms with Crippen LogP contribution < -0.4 is 10.7 Å². The Morgan fingerprint density at radius 2 is 2.10 bits per heavy atom. The molecule has 30 heavy (non-hydrogen) atoms. The summed E-state index contributed by atoms with van der Waals surface area (Å²) in [5.74, 6) is 2.06. The number of carbonyl (C=O) groups excluding carboxylic acids is 1. The Kier molecular flexibility index (Phi) is 7.54. The average molecular weight is 482 g/mol. The van der Waals surface area contributed by atoms with Crippen molar-refractivity contribution in [1.29, 1.82) is 0 Å². The number of furan rings is 1. The lowest BCUT2D eigenvalue weighted by atomic mass is 10.2. The molecular formula is C19H17Cl2N5O2S2. The third-order valence-electron chi connectivity index (χ3n) is 3.76. The van der Waals surface area contributed by atoms with Crippen LogP contribution in [0.2, 0.25) is 10.0 Å². The second kappa shape index (κ2) is 10.1. The molecule has 0 saturated carbocycles. The number of hydrogen-bond acceptors (Lipinski definition) is 6. The van der Waals surface area contributed by atoms with Gasteiger partial charge in [0.2, 0.25) is 11.1 Å². The van der Waals surface area contributed by atoms with Crippen LogP contribution in [0.5, 0.6) is 0 Å². The Hall–Kier alpha value is -2.33. The Labute approximate surface area is 192 Å². The van der Waals surface area contributed by atoms with E-state index in [2.05, 4.69) is 20.9 Å². The Morgan fingerprint density at radius 3 is 2.87 bits per heavy atom. The van der Waals surface area contributed by atoms with Crippen LogP contribution in [0.25, 0.3) is 17.4 Å². The van der Waals surface area contributed by atoms with Crippen LogP contribution in [0.15, 0.2) is 46.0 Å². The van der Waals surface area contributed by atoms with Gasteiger partial charge < -0.3 is 4.42 Å². The van der Waals surface area contributed by atoms with Crippen LogP contribution in [0, 0.1) is 6.92 Å². The minimum absolute atomic E-state index is 0.122. The lowest BCUT2D eigenvalue weighted by Crippen LogP contribution is -2.37. The molecule has 3 rings (SSSR count). The number of aromatic nitrogens is 3. The molecule has 3 aromatic rings. The molecule has 156 valence electrons. The predicted octanol–water partition coefficient (Wildman–Crippen LogP) is 4.92. The summed E-state index contributed by atoms with van der Waals surface area (Å²) >= 11 is 19.0. The maximum atomic E-state index is 12.2. The van der Waals surface area contributed by atoms with Crippen molar-refractivity contribution in [3.05, 3.63) is 58.0 Å². The monoisotopic (exact) mass is 481 g/mol. The Morgan fingerprint density at radius 1 is 1.30 bits per heavy atom. The quantitative estimate of drug-likeness (QED) is 0.293. The first-order chi connectivity index (χ1) is 14.4. The highest BCUT2D eigenvalue weighted by molar-refractivity contribution is 7.99. The fraction of sp³-hybridized carbons (Fsp3) is 0.158. The molecule has 0 fully saturated rings. The van der Waals surface area contributed by atoms with E-state index in [4.69, 9.17) is 39.8 Å². The van der Waals surface area contributed by atoms with E-state index in [9.17, 15) is 4.79 Å². The SMILES string of the molecule is CCSc1nnc(C)n1NC(=S)NC(=O)C=Cc1ccc(-c2cccc(Cl)c2Cl)o1. The molecule has 0 unspecified atom stereocenters. The number of rotatable bonds is 6. The van der Waals surface area contributed by atoms with Crippen molar-refractivity contribution in [2.75, 3.05) is 11.2 Å². The molecule has 0 radical (unpaired) electrons. The van der Waals surface area contributed by atoms with E-state index in [1.54, 1.807) is 41.9 Å². The fourth-order valence-corrected chi connectivity index (χ4v) is 3.67. The minimum atomic E-state index is -0.415. The average Bonchev–Trinajstić information content (AvgIpc) is 3.31. The van der Waals surface area contributed by atoms with Gasteiger partial charge >= 0.3 is 0 Å². The van der Waals surface area contributed by atoms with Gasteiger partial charge in [-0.3, -0.25) is 15.5 Å². The number of carbonyl (C=O) groups is 1. The molecule has 0 aliphatic carbocycles. The van der Waals surface area contributed by atoms with Gasteiger partial charge in [-0.05, 0) is 55.2 Å². The molecule has 2 aromatic heterocycles.